The number of aromatic nitrogens is 3. The van der Waals surface area contributed by atoms with E-state index in [0.717, 1.165) is 19.3 Å². The normalized spacial score (nSPS) is 19.0. The van der Waals surface area contributed by atoms with Crippen molar-refractivity contribution >= 4 is 5.91 Å². The smallest absolute Gasteiger partial charge is 0.293 e. The van der Waals surface area contributed by atoms with E-state index in [2.05, 4.69) is 15.3 Å². The van der Waals surface area contributed by atoms with Crippen molar-refractivity contribution in [1.29, 1.82) is 0 Å². The van der Waals surface area contributed by atoms with E-state index in [9.17, 15) is 4.79 Å². The third-order valence-corrected chi connectivity index (χ3v) is 3.69. The van der Waals surface area contributed by atoms with Gasteiger partial charge in [-0.25, -0.2) is 0 Å². The second kappa shape index (κ2) is 5.67. The van der Waals surface area contributed by atoms with Crippen molar-refractivity contribution in [3.63, 3.8) is 0 Å². The molecule has 1 fully saturated rings. The molecule has 1 saturated heterocycles. The van der Waals surface area contributed by atoms with Gasteiger partial charge in [-0.2, -0.15) is 4.98 Å². The summed E-state index contributed by atoms with van der Waals surface area (Å²) in [6.07, 6.45) is 3.54. The molecule has 3 rings (SSSR count). The molecular weight excluding hydrogens is 272 g/mol. The first kappa shape index (κ1) is 13.8. The maximum atomic E-state index is 12.6. The largest absolute Gasteiger partial charge is 0.351 e. The van der Waals surface area contributed by atoms with Crippen LogP contribution in [0.5, 0.6) is 0 Å². The van der Waals surface area contributed by atoms with Crippen molar-refractivity contribution in [2.24, 2.45) is 0 Å². The van der Waals surface area contributed by atoms with Crippen molar-refractivity contribution in [3.05, 3.63) is 29.2 Å². The second-order valence-corrected chi connectivity index (χ2v) is 5.25. The predicted molar refractivity (Wildman–Crippen MR) is 72.5 cm³/mol. The second-order valence-electron chi connectivity index (χ2n) is 5.25. The minimum Gasteiger partial charge on any atom is -0.351 e. The highest BCUT2D eigenvalue weighted by molar-refractivity contribution is 5.91. The van der Waals surface area contributed by atoms with Crippen LogP contribution in [0.25, 0.3) is 0 Å². The molecule has 2 aromatic heterocycles. The van der Waals surface area contributed by atoms with Crippen LogP contribution in [0.2, 0.25) is 0 Å². The van der Waals surface area contributed by atoms with Gasteiger partial charge in [-0.15, -0.1) is 0 Å². The van der Waals surface area contributed by atoms with Crippen LogP contribution in [0, 0.1) is 6.92 Å². The van der Waals surface area contributed by atoms with Crippen LogP contribution in [0.3, 0.4) is 0 Å². The standard InChI is InChI=1S/C14H18N4O3/c1-3-12-15-13(21-17-12)10-6-4-5-7-18(10)14(19)11-8-9(2)16-20-11/h8,10H,3-7H2,1-2H3. The minimum absolute atomic E-state index is 0.170. The summed E-state index contributed by atoms with van der Waals surface area (Å²) in [6, 6.07) is 1.48. The van der Waals surface area contributed by atoms with E-state index in [0.29, 0.717) is 30.4 Å². The van der Waals surface area contributed by atoms with Crippen LogP contribution < -0.4 is 0 Å². The Labute approximate surface area is 122 Å². The Morgan fingerprint density at radius 1 is 1.38 bits per heavy atom. The maximum Gasteiger partial charge on any atom is 0.293 e. The molecule has 21 heavy (non-hydrogen) atoms. The summed E-state index contributed by atoms with van der Waals surface area (Å²) in [4.78, 5) is 18.7. The van der Waals surface area contributed by atoms with E-state index in [-0.39, 0.29) is 17.7 Å². The van der Waals surface area contributed by atoms with E-state index in [1.54, 1.807) is 17.9 Å². The Balaban J connectivity index is 1.85. The van der Waals surface area contributed by atoms with Crippen molar-refractivity contribution < 1.29 is 13.8 Å². The average Bonchev–Trinajstić information content (AvgIpc) is 3.15. The molecule has 0 saturated carbocycles. The molecule has 7 heteroatoms. The number of rotatable bonds is 3. The summed E-state index contributed by atoms with van der Waals surface area (Å²) in [5.41, 5.74) is 0.693. The SMILES string of the molecule is CCc1noc(C2CCCCN2C(=O)c2cc(C)no2)n1. The molecule has 7 nitrogen and oxygen atoms in total. The number of carbonyl (C=O) groups excluding carboxylic acids is 1. The van der Waals surface area contributed by atoms with E-state index >= 15 is 0 Å². The van der Waals surface area contributed by atoms with Gasteiger partial charge in [0, 0.05) is 19.0 Å². The zero-order valence-corrected chi connectivity index (χ0v) is 12.2. The summed E-state index contributed by atoms with van der Waals surface area (Å²) in [6.45, 7) is 4.42. The van der Waals surface area contributed by atoms with Crippen LogP contribution in [0.1, 0.15) is 60.2 Å². The molecule has 1 amide bonds. The van der Waals surface area contributed by atoms with Gasteiger partial charge in [-0.3, -0.25) is 4.79 Å². The van der Waals surface area contributed by atoms with Crippen molar-refractivity contribution in [3.8, 4) is 0 Å². The fourth-order valence-electron chi connectivity index (χ4n) is 2.58. The first-order chi connectivity index (χ1) is 10.2. The number of piperidine rings is 1. The molecule has 0 N–H and O–H groups in total. The summed E-state index contributed by atoms with van der Waals surface area (Å²) in [5, 5.41) is 7.69. The molecule has 0 aliphatic carbocycles. The van der Waals surface area contributed by atoms with Crippen molar-refractivity contribution in [2.75, 3.05) is 6.54 Å². The van der Waals surface area contributed by atoms with Gasteiger partial charge in [-0.05, 0) is 26.2 Å². The van der Waals surface area contributed by atoms with Gasteiger partial charge >= 0.3 is 0 Å². The molecule has 0 aromatic carbocycles. The van der Waals surface area contributed by atoms with Crippen LogP contribution in [0.4, 0.5) is 0 Å². The lowest BCUT2D eigenvalue weighted by atomic mass is 10.0. The molecule has 112 valence electrons. The number of nitrogens with zero attached hydrogens (tertiary/aromatic N) is 4. The topological polar surface area (TPSA) is 85.3 Å². The van der Waals surface area contributed by atoms with Gasteiger partial charge in [0.05, 0.1) is 5.69 Å². The van der Waals surface area contributed by atoms with Gasteiger partial charge in [0.1, 0.15) is 6.04 Å². The number of likely N-dealkylation sites (tertiary alicyclic amines) is 1. The molecule has 1 aliphatic heterocycles. The van der Waals surface area contributed by atoms with Gasteiger partial charge in [0.2, 0.25) is 11.7 Å². The fourth-order valence-corrected chi connectivity index (χ4v) is 2.58. The number of hydrogen-bond donors (Lipinski definition) is 0. The summed E-state index contributed by atoms with van der Waals surface area (Å²) < 4.78 is 10.4. The molecule has 3 heterocycles. The Morgan fingerprint density at radius 2 is 2.24 bits per heavy atom. The first-order valence-corrected chi connectivity index (χ1v) is 7.25. The summed E-state index contributed by atoms with van der Waals surface area (Å²) >= 11 is 0. The molecule has 1 unspecified atom stereocenters. The lowest BCUT2D eigenvalue weighted by Crippen LogP contribution is -2.38. The van der Waals surface area contributed by atoms with E-state index in [1.807, 2.05) is 6.92 Å². The average molecular weight is 290 g/mol. The zero-order chi connectivity index (χ0) is 14.8. The lowest BCUT2D eigenvalue weighted by Gasteiger charge is -2.32. The van der Waals surface area contributed by atoms with Gasteiger partial charge in [-0.1, -0.05) is 17.2 Å². The van der Waals surface area contributed by atoms with Gasteiger partial charge < -0.3 is 13.9 Å². The Morgan fingerprint density at radius 3 is 2.90 bits per heavy atom. The molecule has 1 atom stereocenters. The van der Waals surface area contributed by atoms with E-state index in [4.69, 9.17) is 9.05 Å². The first-order valence-electron chi connectivity index (χ1n) is 7.25. The minimum atomic E-state index is -0.176. The van der Waals surface area contributed by atoms with Crippen LogP contribution in [0.15, 0.2) is 15.1 Å². The third-order valence-electron chi connectivity index (χ3n) is 3.69. The lowest BCUT2D eigenvalue weighted by molar-refractivity contribution is 0.0520. The molecule has 0 spiro atoms. The predicted octanol–water partition coefficient (Wildman–Crippen LogP) is 2.30. The Bertz CT molecular complexity index is 634. The van der Waals surface area contributed by atoms with E-state index in [1.165, 1.54) is 0 Å². The number of amides is 1. The van der Waals surface area contributed by atoms with Crippen LogP contribution >= 0.6 is 0 Å². The Kier molecular flexibility index (Phi) is 3.72. The molecule has 0 bridgehead atoms. The highest BCUT2D eigenvalue weighted by Crippen LogP contribution is 2.31. The van der Waals surface area contributed by atoms with Crippen LogP contribution in [-0.4, -0.2) is 32.6 Å². The van der Waals surface area contributed by atoms with Gasteiger partial charge in [0.25, 0.3) is 5.91 Å². The van der Waals surface area contributed by atoms with E-state index < -0.39 is 0 Å². The Hall–Kier alpha value is -2.18. The molecule has 1 aliphatic rings. The monoisotopic (exact) mass is 290 g/mol. The number of carbonyl (C=O) groups is 1. The summed E-state index contributed by atoms with van der Waals surface area (Å²) in [7, 11) is 0. The maximum absolute atomic E-state index is 12.6. The highest BCUT2D eigenvalue weighted by atomic mass is 16.5. The number of aryl methyl sites for hydroxylation is 2. The third kappa shape index (κ3) is 2.68. The quantitative estimate of drug-likeness (QED) is 0.862. The fraction of sp³-hybridized carbons (Fsp3) is 0.571. The zero-order valence-electron chi connectivity index (χ0n) is 12.2. The van der Waals surface area contributed by atoms with Crippen LogP contribution in [-0.2, 0) is 6.42 Å². The highest BCUT2D eigenvalue weighted by Gasteiger charge is 2.34. The van der Waals surface area contributed by atoms with Crippen molar-refractivity contribution in [1.82, 2.24) is 20.2 Å². The molecular formula is C14H18N4O3. The van der Waals surface area contributed by atoms with Crippen molar-refractivity contribution in [2.45, 2.75) is 45.6 Å². The summed E-state index contributed by atoms with van der Waals surface area (Å²) in [5.74, 6) is 1.26. The number of hydrogen-bond acceptors (Lipinski definition) is 6. The van der Waals surface area contributed by atoms with Gasteiger partial charge in [0.15, 0.2) is 5.82 Å². The molecule has 0 radical (unpaired) electrons. The molecule has 2 aromatic rings.